The summed E-state index contributed by atoms with van der Waals surface area (Å²) < 4.78 is 38.3. The summed E-state index contributed by atoms with van der Waals surface area (Å²) in [5.74, 6) is -0.0735. The number of nitrogens with zero attached hydrogens (tertiary/aromatic N) is 2. The number of unbranched alkanes of at least 4 members (excludes halogenated alkanes) is 1. The molecule has 0 radical (unpaired) electrons. The number of non-ortho nitro benzene ring substituents is 1. The number of carbonyl (C=O) groups is 1. The van der Waals surface area contributed by atoms with Gasteiger partial charge in [0.2, 0.25) is 0 Å². The Morgan fingerprint density at radius 1 is 1.21 bits per heavy atom. The van der Waals surface area contributed by atoms with Crippen LogP contribution in [0.15, 0.2) is 35.4 Å². The Bertz CT molecular complexity index is 913. The lowest BCUT2D eigenvalue weighted by Crippen LogP contribution is -2.24. The van der Waals surface area contributed by atoms with E-state index in [4.69, 9.17) is 23.2 Å². The molecule has 1 aromatic heterocycles. The summed E-state index contributed by atoms with van der Waals surface area (Å²) in [5, 5.41) is 13.4. The highest BCUT2D eigenvalue weighted by atomic mass is 35.5. The van der Waals surface area contributed by atoms with Crippen LogP contribution < -0.4 is 5.32 Å². The number of hydrogen-bond acceptors (Lipinski definition) is 5. The van der Waals surface area contributed by atoms with Crippen molar-refractivity contribution in [3.8, 4) is 0 Å². The maximum Gasteiger partial charge on any atom is 0.416 e. The van der Waals surface area contributed by atoms with Crippen molar-refractivity contribution < 1.29 is 22.9 Å². The molecule has 0 aliphatic carbocycles. The number of rotatable bonds is 8. The van der Waals surface area contributed by atoms with Crippen LogP contribution in [0.25, 0.3) is 0 Å². The number of amides is 1. The van der Waals surface area contributed by atoms with Crippen LogP contribution in [0.5, 0.6) is 0 Å². The van der Waals surface area contributed by atoms with Crippen molar-refractivity contribution in [2.45, 2.75) is 24.0 Å². The van der Waals surface area contributed by atoms with Crippen LogP contribution in [0.3, 0.4) is 0 Å². The average Bonchev–Trinajstić information content (AvgIpc) is 2.63. The molecule has 2 rings (SSSR count). The van der Waals surface area contributed by atoms with Gasteiger partial charge in [-0.2, -0.15) is 13.2 Å². The number of nitro groups is 1. The van der Waals surface area contributed by atoms with Gasteiger partial charge in [-0.15, -0.1) is 11.8 Å². The fourth-order valence-electron chi connectivity index (χ4n) is 2.21. The van der Waals surface area contributed by atoms with Gasteiger partial charge < -0.3 is 5.32 Å². The number of carbonyl (C=O) groups excluding carboxylic acids is 1. The molecular weight excluding hydrogens is 454 g/mol. The van der Waals surface area contributed by atoms with Gasteiger partial charge in [-0.1, -0.05) is 23.2 Å². The first kappa shape index (κ1) is 23.2. The Kier molecular flexibility index (Phi) is 8.12. The van der Waals surface area contributed by atoms with Gasteiger partial charge in [0.15, 0.2) is 0 Å². The number of pyridine rings is 1. The number of halogens is 5. The molecule has 1 aromatic carbocycles. The summed E-state index contributed by atoms with van der Waals surface area (Å²) in [7, 11) is 0. The maximum atomic E-state index is 12.8. The molecule has 156 valence electrons. The zero-order valence-electron chi connectivity index (χ0n) is 14.6. The standard InChI is InChI=1S/C17H14Cl2F3N3O3S/c18-13-4-3-11(25(27)28)9-12(13)16(26)23-5-1-2-6-29-15-8-10(17(20,21)22)7-14(19)24-15/h3-4,7-9H,1-2,5-6H2,(H,23,26). The zero-order valence-corrected chi connectivity index (χ0v) is 17.0. The molecule has 29 heavy (non-hydrogen) atoms. The molecule has 0 spiro atoms. The van der Waals surface area contributed by atoms with Crippen LogP contribution in [0.2, 0.25) is 10.2 Å². The van der Waals surface area contributed by atoms with Crippen molar-refractivity contribution in [2.24, 2.45) is 0 Å². The largest absolute Gasteiger partial charge is 0.416 e. The molecular formula is C17H14Cl2F3N3O3S. The van der Waals surface area contributed by atoms with Crippen molar-refractivity contribution >= 4 is 46.6 Å². The van der Waals surface area contributed by atoms with E-state index in [1.807, 2.05) is 0 Å². The lowest BCUT2D eigenvalue weighted by Gasteiger charge is -2.09. The first-order valence-corrected chi connectivity index (χ1v) is 9.92. The van der Waals surface area contributed by atoms with Gasteiger partial charge in [0.25, 0.3) is 11.6 Å². The molecule has 0 saturated heterocycles. The molecule has 0 aliphatic rings. The second-order valence-corrected chi connectivity index (χ2v) is 7.66. The number of nitrogens with one attached hydrogen (secondary N) is 1. The molecule has 2 aromatic rings. The molecule has 1 heterocycles. The van der Waals surface area contributed by atoms with Gasteiger partial charge in [-0.25, -0.2) is 4.98 Å². The van der Waals surface area contributed by atoms with Crippen LogP contribution in [0.1, 0.15) is 28.8 Å². The minimum absolute atomic E-state index is 0.00181. The summed E-state index contributed by atoms with van der Waals surface area (Å²) >= 11 is 12.7. The smallest absolute Gasteiger partial charge is 0.352 e. The fourth-order valence-corrected chi connectivity index (χ4v) is 3.61. The van der Waals surface area contributed by atoms with E-state index < -0.39 is 22.6 Å². The summed E-state index contributed by atoms with van der Waals surface area (Å²) in [6, 6.07) is 5.27. The molecule has 0 fully saturated rings. The van der Waals surface area contributed by atoms with Crippen molar-refractivity contribution in [1.29, 1.82) is 0 Å². The van der Waals surface area contributed by atoms with E-state index in [1.165, 1.54) is 12.1 Å². The van der Waals surface area contributed by atoms with Crippen molar-refractivity contribution in [2.75, 3.05) is 12.3 Å². The molecule has 1 amide bonds. The van der Waals surface area contributed by atoms with E-state index in [0.29, 0.717) is 18.6 Å². The number of thioether (sulfide) groups is 1. The van der Waals surface area contributed by atoms with Crippen LogP contribution in [0, 0.1) is 10.1 Å². The first-order valence-electron chi connectivity index (χ1n) is 8.17. The topological polar surface area (TPSA) is 85.1 Å². The van der Waals surface area contributed by atoms with E-state index in [9.17, 15) is 28.1 Å². The third kappa shape index (κ3) is 7.06. The number of nitro benzene ring substituents is 1. The highest BCUT2D eigenvalue weighted by molar-refractivity contribution is 7.99. The molecule has 0 atom stereocenters. The lowest BCUT2D eigenvalue weighted by molar-refractivity contribution is -0.384. The molecule has 1 N–H and O–H groups in total. The van der Waals surface area contributed by atoms with Crippen molar-refractivity contribution in [1.82, 2.24) is 10.3 Å². The van der Waals surface area contributed by atoms with E-state index in [-0.39, 0.29) is 33.0 Å². The quantitative estimate of drug-likeness (QED) is 0.179. The minimum Gasteiger partial charge on any atom is -0.352 e. The molecule has 12 heteroatoms. The van der Waals surface area contributed by atoms with Crippen LogP contribution >= 0.6 is 35.0 Å². The third-order valence-corrected chi connectivity index (χ3v) is 5.13. The summed E-state index contributed by atoms with van der Waals surface area (Å²) in [5.41, 5.74) is -1.11. The molecule has 0 aliphatic heterocycles. The fraction of sp³-hybridized carbons (Fsp3) is 0.294. The van der Waals surface area contributed by atoms with Gasteiger partial charge in [-0.05, 0) is 36.8 Å². The highest BCUT2D eigenvalue weighted by Gasteiger charge is 2.31. The Balaban J connectivity index is 1.79. The normalized spacial score (nSPS) is 11.3. The summed E-state index contributed by atoms with van der Waals surface area (Å²) in [4.78, 5) is 26.1. The van der Waals surface area contributed by atoms with E-state index in [1.54, 1.807) is 0 Å². The highest BCUT2D eigenvalue weighted by Crippen LogP contribution is 2.33. The first-order chi connectivity index (χ1) is 13.6. The summed E-state index contributed by atoms with van der Waals surface area (Å²) in [6.07, 6.45) is -3.37. The minimum atomic E-state index is -4.50. The van der Waals surface area contributed by atoms with E-state index in [0.717, 1.165) is 30.0 Å². The monoisotopic (exact) mass is 467 g/mol. The summed E-state index contributed by atoms with van der Waals surface area (Å²) in [6.45, 7) is 0.273. The van der Waals surface area contributed by atoms with Crippen molar-refractivity contribution in [3.05, 3.63) is 61.7 Å². The van der Waals surface area contributed by atoms with Gasteiger partial charge in [0.1, 0.15) is 5.15 Å². The van der Waals surface area contributed by atoms with Crippen molar-refractivity contribution in [3.63, 3.8) is 0 Å². The van der Waals surface area contributed by atoms with E-state index in [2.05, 4.69) is 10.3 Å². The molecule has 0 saturated carbocycles. The predicted molar refractivity (Wildman–Crippen MR) is 105 cm³/mol. The maximum absolute atomic E-state index is 12.8. The molecule has 6 nitrogen and oxygen atoms in total. The Morgan fingerprint density at radius 3 is 2.59 bits per heavy atom. The SMILES string of the molecule is O=C(NCCCCSc1cc(C(F)(F)F)cc(Cl)n1)c1cc([N+](=O)[O-])ccc1Cl. The Labute approximate surface area is 177 Å². The Morgan fingerprint density at radius 2 is 1.93 bits per heavy atom. The third-order valence-electron chi connectivity index (χ3n) is 3.61. The molecule has 0 bridgehead atoms. The number of hydrogen-bond donors (Lipinski definition) is 1. The lowest BCUT2D eigenvalue weighted by atomic mass is 10.2. The van der Waals surface area contributed by atoms with Crippen LogP contribution in [-0.4, -0.2) is 28.1 Å². The number of alkyl halides is 3. The number of benzene rings is 1. The van der Waals surface area contributed by atoms with Gasteiger partial charge in [-0.3, -0.25) is 14.9 Å². The predicted octanol–water partition coefficient (Wildman–Crippen LogP) is 5.62. The second-order valence-electron chi connectivity index (χ2n) is 5.75. The van der Waals surface area contributed by atoms with Gasteiger partial charge in [0, 0.05) is 18.7 Å². The van der Waals surface area contributed by atoms with Gasteiger partial charge >= 0.3 is 6.18 Å². The average molecular weight is 468 g/mol. The Hall–Kier alpha value is -2.04. The number of aromatic nitrogens is 1. The molecule has 0 unspecified atom stereocenters. The van der Waals surface area contributed by atoms with Crippen LogP contribution in [0.4, 0.5) is 18.9 Å². The van der Waals surface area contributed by atoms with E-state index >= 15 is 0 Å². The second kappa shape index (κ2) is 10.1. The van der Waals surface area contributed by atoms with Crippen LogP contribution in [-0.2, 0) is 6.18 Å². The zero-order chi connectivity index (χ0) is 21.6. The van der Waals surface area contributed by atoms with Gasteiger partial charge in [0.05, 0.1) is 26.1 Å².